The number of aromatic nitrogens is 3. The van der Waals surface area contributed by atoms with E-state index < -0.39 is 0 Å². The number of fused-ring (bicyclic) bond motifs is 1. The molecule has 0 radical (unpaired) electrons. The Morgan fingerprint density at radius 2 is 1.72 bits per heavy atom. The number of hydrogen-bond donors (Lipinski definition) is 1. The summed E-state index contributed by atoms with van der Waals surface area (Å²) in [7, 11) is 0. The zero-order chi connectivity index (χ0) is 17.4. The molecule has 2 heterocycles. The van der Waals surface area contributed by atoms with E-state index in [1.165, 1.54) is 16.7 Å². The monoisotopic (exact) mass is 396 g/mol. The molecule has 1 aromatic heterocycles. The highest BCUT2D eigenvalue weighted by Gasteiger charge is 2.29. The number of halogens is 1. The second-order valence-electron chi connectivity index (χ2n) is 6.85. The van der Waals surface area contributed by atoms with Crippen molar-refractivity contribution in [3.63, 3.8) is 0 Å². The van der Waals surface area contributed by atoms with Crippen LogP contribution in [0, 0.1) is 0 Å². The highest BCUT2D eigenvalue weighted by Crippen LogP contribution is 2.37. The Morgan fingerprint density at radius 1 is 1.04 bits per heavy atom. The van der Waals surface area contributed by atoms with E-state index >= 15 is 0 Å². The minimum atomic E-state index is 0.182. The van der Waals surface area contributed by atoms with Crippen LogP contribution in [0.25, 0.3) is 0 Å². The molecule has 128 valence electrons. The molecule has 2 aromatic carbocycles. The third-order valence-electron chi connectivity index (χ3n) is 4.89. The lowest BCUT2D eigenvalue weighted by Crippen LogP contribution is -2.28. The van der Waals surface area contributed by atoms with Crippen molar-refractivity contribution >= 4 is 21.9 Å². The lowest BCUT2D eigenvalue weighted by molar-refractivity contribution is 0.431. The molecule has 4 nitrogen and oxygen atoms in total. The Hall–Kier alpha value is -2.14. The summed E-state index contributed by atoms with van der Waals surface area (Å²) in [6.45, 7) is 4.44. The molecular weight excluding hydrogens is 376 g/mol. The van der Waals surface area contributed by atoms with Crippen molar-refractivity contribution in [1.29, 1.82) is 0 Å². The summed E-state index contributed by atoms with van der Waals surface area (Å²) >= 11 is 3.51. The van der Waals surface area contributed by atoms with Crippen LogP contribution in [-0.4, -0.2) is 14.8 Å². The topological polar surface area (TPSA) is 42.7 Å². The molecule has 0 fully saturated rings. The van der Waals surface area contributed by atoms with Gasteiger partial charge in [0.05, 0.1) is 12.1 Å². The SMILES string of the molecule is CC(C)c1ccc([C@@H]2C[C@H](c3ccc(Br)cc3)n3ncnc3N2)cc1. The van der Waals surface area contributed by atoms with Gasteiger partial charge in [-0.1, -0.05) is 66.2 Å². The molecule has 0 spiro atoms. The van der Waals surface area contributed by atoms with E-state index in [4.69, 9.17) is 0 Å². The van der Waals surface area contributed by atoms with E-state index in [0.717, 1.165) is 16.8 Å². The van der Waals surface area contributed by atoms with Gasteiger partial charge in [0.1, 0.15) is 6.33 Å². The summed E-state index contributed by atoms with van der Waals surface area (Å²) in [5, 5.41) is 7.97. The van der Waals surface area contributed by atoms with Crippen molar-refractivity contribution in [1.82, 2.24) is 14.8 Å². The summed E-state index contributed by atoms with van der Waals surface area (Å²) in [6.07, 6.45) is 2.57. The van der Waals surface area contributed by atoms with Gasteiger partial charge in [-0.15, -0.1) is 0 Å². The van der Waals surface area contributed by atoms with Gasteiger partial charge in [-0.3, -0.25) is 0 Å². The lowest BCUT2D eigenvalue weighted by atomic mass is 9.92. The molecule has 0 amide bonds. The molecule has 5 heteroatoms. The number of anilines is 1. The smallest absolute Gasteiger partial charge is 0.222 e. The van der Waals surface area contributed by atoms with Crippen LogP contribution in [0.2, 0.25) is 0 Å². The summed E-state index contributed by atoms with van der Waals surface area (Å²) in [4.78, 5) is 4.40. The Morgan fingerprint density at radius 3 is 2.40 bits per heavy atom. The van der Waals surface area contributed by atoms with Gasteiger partial charge < -0.3 is 5.32 Å². The number of nitrogens with one attached hydrogen (secondary N) is 1. The molecule has 0 saturated heterocycles. The van der Waals surface area contributed by atoms with Crippen LogP contribution in [0.15, 0.2) is 59.3 Å². The molecule has 4 rings (SSSR count). The van der Waals surface area contributed by atoms with Crippen molar-refractivity contribution in [2.45, 2.75) is 38.3 Å². The molecule has 0 aliphatic carbocycles. The number of hydrogen-bond acceptors (Lipinski definition) is 3. The first kappa shape index (κ1) is 16.3. The van der Waals surface area contributed by atoms with Crippen molar-refractivity contribution in [3.8, 4) is 0 Å². The Kier molecular flexibility index (Phi) is 4.34. The van der Waals surface area contributed by atoms with Gasteiger partial charge in [0.15, 0.2) is 0 Å². The highest BCUT2D eigenvalue weighted by molar-refractivity contribution is 9.10. The maximum atomic E-state index is 4.43. The molecular formula is C20H21BrN4. The molecule has 0 saturated carbocycles. The van der Waals surface area contributed by atoms with Crippen molar-refractivity contribution in [3.05, 3.63) is 76.0 Å². The minimum absolute atomic E-state index is 0.182. The maximum absolute atomic E-state index is 4.43. The average Bonchev–Trinajstić information content (AvgIpc) is 3.10. The predicted molar refractivity (Wildman–Crippen MR) is 104 cm³/mol. The molecule has 2 atom stereocenters. The van der Waals surface area contributed by atoms with Crippen molar-refractivity contribution in [2.24, 2.45) is 0 Å². The fourth-order valence-corrected chi connectivity index (χ4v) is 3.68. The van der Waals surface area contributed by atoms with E-state index in [1.807, 2.05) is 4.68 Å². The standard InChI is InChI=1S/C20H21BrN4/c1-13(2)14-3-5-15(6-4-14)18-11-19(16-7-9-17(21)10-8-16)25-20(24-18)22-12-23-25/h3-10,12-13,18-19H,11H2,1-2H3,(H,22,23,24)/t18-,19+/m0/s1. The fourth-order valence-electron chi connectivity index (χ4n) is 3.41. The first-order valence-electron chi connectivity index (χ1n) is 8.63. The molecule has 1 N–H and O–H groups in total. The minimum Gasteiger partial charge on any atom is -0.348 e. The second kappa shape index (κ2) is 6.64. The van der Waals surface area contributed by atoms with Crippen LogP contribution in [0.1, 0.15) is 55.0 Å². The molecule has 3 aromatic rings. The van der Waals surface area contributed by atoms with Crippen LogP contribution in [0.4, 0.5) is 5.95 Å². The normalized spacial score (nSPS) is 19.5. The molecule has 25 heavy (non-hydrogen) atoms. The second-order valence-corrected chi connectivity index (χ2v) is 7.77. The van der Waals surface area contributed by atoms with Crippen molar-refractivity contribution < 1.29 is 0 Å². The first-order chi connectivity index (χ1) is 12.1. The third-order valence-corrected chi connectivity index (χ3v) is 5.42. The van der Waals surface area contributed by atoms with Gasteiger partial charge >= 0.3 is 0 Å². The van der Waals surface area contributed by atoms with E-state index in [1.54, 1.807) is 6.33 Å². The van der Waals surface area contributed by atoms with Gasteiger partial charge in [-0.25, -0.2) is 4.68 Å². The average molecular weight is 397 g/mol. The molecule has 0 bridgehead atoms. The Bertz CT molecular complexity index is 852. The van der Waals surface area contributed by atoms with E-state index in [-0.39, 0.29) is 12.1 Å². The zero-order valence-corrected chi connectivity index (χ0v) is 15.9. The Labute approximate surface area is 156 Å². The van der Waals surface area contributed by atoms with E-state index in [9.17, 15) is 0 Å². The summed E-state index contributed by atoms with van der Waals surface area (Å²) in [5.41, 5.74) is 3.91. The summed E-state index contributed by atoms with van der Waals surface area (Å²) in [5.74, 6) is 1.38. The van der Waals surface area contributed by atoms with Gasteiger partial charge in [0.25, 0.3) is 0 Å². The van der Waals surface area contributed by atoms with E-state index in [0.29, 0.717) is 5.92 Å². The fraction of sp³-hybridized carbons (Fsp3) is 0.300. The van der Waals surface area contributed by atoms with Gasteiger partial charge in [0.2, 0.25) is 5.95 Å². The lowest BCUT2D eigenvalue weighted by Gasteiger charge is -2.32. The van der Waals surface area contributed by atoms with Gasteiger partial charge in [-0.2, -0.15) is 10.1 Å². The molecule has 0 unspecified atom stereocenters. The molecule has 1 aliphatic heterocycles. The number of benzene rings is 2. The van der Waals surface area contributed by atoms with Crippen molar-refractivity contribution in [2.75, 3.05) is 5.32 Å². The van der Waals surface area contributed by atoms with Crippen LogP contribution in [0.5, 0.6) is 0 Å². The first-order valence-corrected chi connectivity index (χ1v) is 9.42. The van der Waals surface area contributed by atoms with Crippen LogP contribution >= 0.6 is 15.9 Å². The Balaban J connectivity index is 1.67. The van der Waals surface area contributed by atoms with Gasteiger partial charge in [0, 0.05) is 4.47 Å². The third kappa shape index (κ3) is 3.21. The highest BCUT2D eigenvalue weighted by atomic mass is 79.9. The summed E-state index contributed by atoms with van der Waals surface area (Å²) in [6, 6.07) is 17.8. The van der Waals surface area contributed by atoms with Gasteiger partial charge in [-0.05, 0) is 41.2 Å². The van der Waals surface area contributed by atoms with E-state index in [2.05, 4.69) is 93.7 Å². The maximum Gasteiger partial charge on any atom is 0.222 e. The van der Waals surface area contributed by atoms with Crippen LogP contribution < -0.4 is 5.32 Å². The number of nitrogens with zero attached hydrogens (tertiary/aromatic N) is 3. The summed E-state index contributed by atoms with van der Waals surface area (Å²) < 4.78 is 3.08. The molecule has 1 aliphatic rings. The largest absolute Gasteiger partial charge is 0.348 e. The number of rotatable bonds is 3. The predicted octanol–water partition coefficient (Wildman–Crippen LogP) is 5.31. The van der Waals surface area contributed by atoms with Crippen LogP contribution in [0.3, 0.4) is 0 Å². The van der Waals surface area contributed by atoms with Crippen LogP contribution in [-0.2, 0) is 0 Å². The quantitative estimate of drug-likeness (QED) is 0.651. The zero-order valence-electron chi connectivity index (χ0n) is 14.4.